The highest BCUT2D eigenvalue weighted by Gasteiger charge is 2.31. The Morgan fingerprint density at radius 1 is 1.27 bits per heavy atom. The zero-order valence-corrected chi connectivity index (χ0v) is 18.8. The zero-order chi connectivity index (χ0) is 21.5. The number of carbonyl (C=O) groups excluding carboxylic acids is 2. The second kappa shape index (κ2) is 10.5. The van der Waals surface area contributed by atoms with Crippen LogP contribution in [0.4, 0.5) is 11.5 Å². The molecule has 0 aliphatic carbocycles. The molecule has 0 saturated carbocycles. The van der Waals surface area contributed by atoms with E-state index in [4.69, 9.17) is 4.74 Å². The number of para-hydroxylation sites is 2. The lowest BCUT2D eigenvalue weighted by Crippen LogP contribution is -2.49. The summed E-state index contributed by atoms with van der Waals surface area (Å²) in [6.07, 6.45) is 3.30. The van der Waals surface area contributed by atoms with Gasteiger partial charge < -0.3 is 15.4 Å². The van der Waals surface area contributed by atoms with E-state index in [2.05, 4.69) is 36.4 Å². The van der Waals surface area contributed by atoms with Crippen molar-refractivity contribution in [3.8, 4) is 5.75 Å². The number of carbonyl (C=O) groups is 2. The van der Waals surface area contributed by atoms with Gasteiger partial charge in [0.2, 0.25) is 11.8 Å². The molecule has 2 atom stereocenters. The monoisotopic (exact) mass is 474 g/mol. The molecule has 1 saturated heterocycles. The molecule has 7 nitrogen and oxygen atoms in total. The van der Waals surface area contributed by atoms with Gasteiger partial charge >= 0.3 is 0 Å². The first-order valence-corrected chi connectivity index (χ1v) is 11.0. The number of halogens is 1. The van der Waals surface area contributed by atoms with E-state index in [0.717, 1.165) is 23.9 Å². The fraction of sp³-hybridized carbons (Fsp3) is 0.409. The maximum absolute atomic E-state index is 12.8. The normalized spacial score (nSPS) is 17.8. The number of piperidine rings is 1. The van der Waals surface area contributed by atoms with E-state index in [0.29, 0.717) is 30.4 Å². The molecule has 1 aromatic heterocycles. The standard InChI is InChI=1S/C22H27BrN4O3/c1-3-30-19-9-5-4-8-18(19)25-21(28)15(2)27-12-6-7-16(14-27)22(29)26-20-11-10-17(23)13-24-20/h4-5,8-11,13,15-16H,3,6-7,12,14H2,1-2H3,(H,25,28)(H,24,26,29). The van der Waals surface area contributed by atoms with Crippen LogP contribution in [0.5, 0.6) is 5.75 Å². The highest BCUT2D eigenvalue weighted by Crippen LogP contribution is 2.25. The largest absolute Gasteiger partial charge is 0.492 e. The van der Waals surface area contributed by atoms with E-state index in [1.165, 1.54) is 0 Å². The molecule has 0 radical (unpaired) electrons. The van der Waals surface area contributed by atoms with Gasteiger partial charge in [-0.2, -0.15) is 0 Å². The van der Waals surface area contributed by atoms with Gasteiger partial charge in [0.15, 0.2) is 0 Å². The Labute approximate surface area is 185 Å². The Balaban J connectivity index is 1.59. The predicted octanol–water partition coefficient (Wildman–Crippen LogP) is 3.92. The summed E-state index contributed by atoms with van der Waals surface area (Å²) in [5, 5.41) is 5.84. The van der Waals surface area contributed by atoms with Crippen molar-refractivity contribution in [2.45, 2.75) is 32.7 Å². The number of nitrogens with one attached hydrogen (secondary N) is 2. The van der Waals surface area contributed by atoms with E-state index >= 15 is 0 Å². The first-order valence-electron chi connectivity index (χ1n) is 10.2. The van der Waals surface area contributed by atoms with Crippen LogP contribution in [0.25, 0.3) is 0 Å². The van der Waals surface area contributed by atoms with E-state index in [-0.39, 0.29) is 23.8 Å². The Kier molecular flexibility index (Phi) is 7.81. The summed E-state index contributed by atoms with van der Waals surface area (Å²) in [5.74, 6) is 0.814. The molecule has 2 N–H and O–H groups in total. The van der Waals surface area contributed by atoms with Gasteiger partial charge in [0.25, 0.3) is 0 Å². The molecule has 2 unspecified atom stereocenters. The van der Waals surface area contributed by atoms with E-state index in [1.807, 2.05) is 44.2 Å². The van der Waals surface area contributed by atoms with Crippen LogP contribution in [0.1, 0.15) is 26.7 Å². The molecular weight excluding hydrogens is 448 g/mol. The second-order valence-corrected chi connectivity index (χ2v) is 8.20. The van der Waals surface area contributed by atoms with Crippen LogP contribution in [-0.2, 0) is 9.59 Å². The molecule has 0 spiro atoms. The third-order valence-electron chi connectivity index (χ3n) is 5.17. The quantitative estimate of drug-likeness (QED) is 0.635. The second-order valence-electron chi connectivity index (χ2n) is 7.28. The Hall–Kier alpha value is -2.45. The lowest BCUT2D eigenvalue weighted by atomic mass is 9.96. The van der Waals surface area contributed by atoms with Crippen molar-refractivity contribution in [1.82, 2.24) is 9.88 Å². The number of anilines is 2. The summed E-state index contributed by atoms with van der Waals surface area (Å²) in [5.41, 5.74) is 0.656. The van der Waals surface area contributed by atoms with Gasteiger partial charge in [-0.3, -0.25) is 14.5 Å². The molecule has 1 aliphatic heterocycles. The first kappa shape index (κ1) is 22.2. The molecule has 1 aromatic carbocycles. The van der Waals surface area contributed by atoms with Crippen molar-refractivity contribution in [2.24, 2.45) is 5.92 Å². The van der Waals surface area contributed by atoms with Crippen molar-refractivity contribution < 1.29 is 14.3 Å². The summed E-state index contributed by atoms with van der Waals surface area (Å²) in [6, 6.07) is 10.6. The third-order valence-corrected chi connectivity index (χ3v) is 5.64. The van der Waals surface area contributed by atoms with Crippen LogP contribution in [-0.4, -0.2) is 47.4 Å². The van der Waals surface area contributed by atoms with Gasteiger partial charge in [0, 0.05) is 17.2 Å². The Morgan fingerprint density at radius 2 is 2.07 bits per heavy atom. The third kappa shape index (κ3) is 5.79. The van der Waals surface area contributed by atoms with Crippen LogP contribution < -0.4 is 15.4 Å². The SMILES string of the molecule is CCOc1ccccc1NC(=O)C(C)N1CCCC(C(=O)Nc2ccc(Br)cn2)C1. The fourth-order valence-electron chi connectivity index (χ4n) is 3.50. The summed E-state index contributed by atoms with van der Waals surface area (Å²) in [4.78, 5) is 31.8. The highest BCUT2D eigenvalue weighted by atomic mass is 79.9. The van der Waals surface area contributed by atoms with E-state index < -0.39 is 0 Å². The maximum Gasteiger partial charge on any atom is 0.241 e. The summed E-state index contributed by atoms with van der Waals surface area (Å²) >= 11 is 3.33. The van der Waals surface area contributed by atoms with E-state index in [1.54, 1.807) is 12.3 Å². The van der Waals surface area contributed by atoms with Crippen LogP contribution in [0.2, 0.25) is 0 Å². The number of hydrogen-bond donors (Lipinski definition) is 2. The van der Waals surface area contributed by atoms with Gasteiger partial charge in [-0.15, -0.1) is 0 Å². The summed E-state index contributed by atoms with van der Waals surface area (Å²) in [6.45, 7) is 5.61. The molecule has 160 valence electrons. The molecular formula is C22H27BrN4O3. The van der Waals surface area contributed by atoms with Crippen LogP contribution >= 0.6 is 15.9 Å². The maximum atomic E-state index is 12.8. The fourth-order valence-corrected chi connectivity index (χ4v) is 3.74. The number of aromatic nitrogens is 1. The Morgan fingerprint density at radius 3 is 2.80 bits per heavy atom. The number of benzene rings is 1. The van der Waals surface area contributed by atoms with Crippen molar-refractivity contribution in [3.63, 3.8) is 0 Å². The van der Waals surface area contributed by atoms with Crippen LogP contribution in [0.3, 0.4) is 0 Å². The highest BCUT2D eigenvalue weighted by molar-refractivity contribution is 9.10. The summed E-state index contributed by atoms with van der Waals surface area (Å²) < 4.78 is 6.44. The predicted molar refractivity (Wildman–Crippen MR) is 121 cm³/mol. The molecule has 0 bridgehead atoms. The average molecular weight is 475 g/mol. The van der Waals surface area contributed by atoms with Crippen molar-refractivity contribution in [3.05, 3.63) is 47.1 Å². The Bertz CT molecular complexity index is 875. The van der Waals surface area contributed by atoms with Crippen LogP contribution in [0, 0.1) is 5.92 Å². The number of ether oxygens (including phenoxy) is 1. The lowest BCUT2D eigenvalue weighted by molar-refractivity contribution is -0.125. The molecule has 2 aromatic rings. The van der Waals surface area contributed by atoms with Gasteiger partial charge in [-0.05, 0) is 73.4 Å². The zero-order valence-electron chi connectivity index (χ0n) is 17.2. The van der Waals surface area contributed by atoms with Crippen molar-refractivity contribution in [2.75, 3.05) is 30.3 Å². The summed E-state index contributed by atoms with van der Waals surface area (Å²) in [7, 11) is 0. The first-order chi connectivity index (χ1) is 14.5. The minimum absolute atomic E-state index is 0.0659. The molecule has 1 fully saturated rings. The molecule has 3 rings (SSSR count). The minimum Gasteiger partial charge on any atom is -0.492 e. The topological polar surface area (TPSA) is 83.6 Å². The van der Waals surface area contributed by atoms with Crippen molar-refractivity contribution in [1.29, 1.82) is 0 Å². The molecule has 30 heavy (non-hydrogen) atoms. The molecule has 1 aliphatic rings. The number of pyridine rings is 1. The average Bonchev–Trinajstić information content (AvgIpc) is 2.76. The molecule has 2 amide bonds. The van der Waals surface area contributed by atoms with Gasteiger partial charge in [0.1, 0.15) is 11.6 Å². The molecule has 2 heterocycles. The molecule has 8 heteroatoms. The van der Waals surface area contributed by atoms with Crippen LogP contribution in [0.15, 0.2) is 47.1 Å². The van der Waals surface area contributed by atoms with Gasteiger partial charge in [-0.25, -0.2) is 4.98 Å². The number of likely N-dealkylation sites (tertiary alicyclic amines) is 1. The number of nitrogens with zero attached hydrogens (tertiary/aromatic N) is 2. The van der Waals surface area contributed by atoms with Gasteiger partial charge in [-0.1, -0.05) is 12.1 Å². The van der Waals surface area contributed by atoms with E-state index in [9.17, 15) is 9.59 Å². The smallest absolute Gasteiger partial charge is 0.241 e. The number of rotatable bonds is 7. The minimum atomic E-state index is -0.360. The lowest BCUT2D eigenvalue weighted by Gasteiger charge is -2.35. The number of hydrogen-bond acceptors (Lipinski definition) is 5. The van der Waals surface area contributed by atoms with Gasteiger partial charge in [0.05, 0.1) is 24.3 Å². The van der Waals surface area contributed by atoms with Crippen molar-refractivity contribution >= 4 is 39.2 Å². The number of amides is 2.